The van der Waals surface area contributed by atoms with Crippen LogP contribution in [0.2, 0.25) is 0 Å². The molecule has 0 spiro atoms. The number of hydroxylamine groups is 2. The molecule has 3 N–H and O–H groups in total. The highest BCUT2D eigenvalue weighted by Crippen LogP contribution is 2.06. The predicted molar refractivity (Wildman–Crippen MR) is 49.1 cm³/mol. The van der Waals surface area contributed by atoms with Crippen LogP contribution in [0.5, 0.6) is 0 Å². The Morgan fingerprint density at radius 3 is 2.46 bits per heavy atom. The number of carbonyl (C=O) groups is 1. The van der Waals surface area contributed by atoms with Crippen LogP contribution in [-0.2, 0) is 11.2 Å². The van der Waals surface area contributed by atoms with E-state index in [9.17, 15) is 4.79 Å². The fourth-order valence-corrected chi connectivity index (χ4v) is 0.925. The molecule has 0 aliphatic carbocycles. The molecule has 1 rings (SSSR count). The molecule has 1 amide bonds. The molecule has 0 heterocycles. The van der Waals surface area contributed by atoms with Crippen LogP contribution < -0.4 is 5.73 Å². The van der Waals surface area contributed by atoms with Gasteiger partial charge in [0.15, 0.2) is 0 Å². The predicted octanol–water partition coefficient (Wildman–Crippen LogP) is 0.659. The molecule has 0 fully saturated rings. The summed E-state index contributed by atoms with van der Waals surface area (Å²) in [5, 5.41) is 9.38. The van der Waals surface area contributed by atoms with E-state index >= 15 is 0 Å². The monoisotopic (exact) mass is 180 g/mol. The summed E-state index contributed by atoms with van der Waals surface area (Å²) in [5.74, 6) is -0.343. The first-order chi connectivity index (χ1) is 6.09. The Morgan fingerprint density at radius 1 is 1.46 bits per heavy atom. The summed E-state index contributed by atoms with van der Waals surface area (Å²) >= 11 is 0. The molecule has 0 radical (unpaired) electrons. The number of benzene rings is 1. The zero-order chi connectivity index (χ0) is 9.84. The second-order valence-electron chi connectivity index (χ2n) is 2.84. The smallest absolute Gasteiger partial charge is 0.250 e. The second-order valence-corrected chi connectivity index (χ2v) is 2.84. The molecular formula is C9H12N2O2. The van der Waals surface area contributed by atoms with Gasteiger partial charge in [0.05, 0.1) is 6.42 Å². The first-order valence-electron chi connectivity index (χ1n) is 3.89. The van der Waals surface area contributed by atoms with Crippen LogP contribution in [0.1, 0.15) is 5.56 Å². The van der Waals surface area contributed by atoms with Crippen molar-refractivity contribution in [2.75, 3.05) is 12.8 Å². The number of amides is 1. The van der Waals surface area contributed by atoms with Crippen molar-refractivity contribution in [2.45, 2.75) is 6.42 Å². The zero-order valence-corrected chi connectivity index (χ0v) is 7.40. The van der Waals surface area contributed by atoms with Crippen molar-refractivity contribution in [3.8, 4) is 0 Å². The number of nitrogens with two attached hydrogens (primary N) is 1. The Kier molecular flexibility index (Phi) is 2.87. The maximum Gasteiger partial charge on any atom is 0.250 e. The highest BCUT2D eigenvalue weighted by atomic mass is 16.5. The van der Waals surface area contributed by atoms with Crippen LogP contribution in [0.25, 0.3) is 0 Å². The number of hydrogen-bond acceptors (Lipinski definition) is 3. The fourth-order valence-electron chi connectivity index (χ4n) is 0.925. The Morgan fingerprint density at radius 2 is 2.00 bits per heavy atom. The van der Waals surface area contributed by atoms with Gasteiger partial charge in [-0.1, -0.05) is 12.1 Å². The lowest BCUT2D eigenvalue weighted by atomic mass is 10.1. The summed E-state index contributed by atoms with van der Waals surface area (Å²) in [6.07, 6.45) is 0.188. The molecule has 0 aliphatic heterocycles. The minimum Gasteiger partial charge on any atom is -0.399 e. The van der Waals surface area contributed by atoms with E-state index < -0.39 is 0 Å². The topological polar surface area (TPSA) is 66.6 Å². The fraction of sp³-hybridized carbons (Fsp3) is 0.222. The Labute approximate surface area is 76.5 Å². The van der Waals surface area contributed by atoms with Crippen molar-refractivity contribution in [2.24, 2.45) is 0 Å². The normalized spacial score (nSPS) is 9.69. The summed E-state index contributed by atoms with van der Waals surface area (Å²) in [6.45, 7) is 0. The number of nitrogens with zero attached hydrogens (tertiary/aromatic N) is 1. The highest BCUT2D eigenvalue weighted by Gasteiger charge is 2.05. The lowest BCUT2D eigenvalue weighted by Crippen LogP contribution is -2.24. The van der Waals surface area contributed by atoms with Crippen LogP contribution in [0.15, 0.2) is 24.3 Å². The average Bonchev–Trinajstić information content (AvgIpc) is 2.08. The standard InChI is InChI=1S/C9H12N2O2/c1-11(13)9(12)6-7-2-4-8(10)5-3-7/h2-5,13H,6,10H2,1H3. The van der Waals surface area contributed by atoms with Gasteiger partial charge in [-0.25, -0.2) is 5.06 Å². The molecule has 0 aromatic heterocycles. The number of hydrogen-bond donors (Lipinski definition) is 2. The van der Waals surface area contributed by atoms with Gasteiger partial charge in [-0.15, -0.1) is 0 Å². The van der Waals surface area contributed by atoms with Crippen molar-refractivity contribution in [1.29, 1.82) is 0 Å². The summed E-state index contributed by atoms with van der Waals surface area (Å²) in [7, 11) is 1.31. The highest BCUT2D eigenvalue weighted by molar-refractivity contribution is 5.77. The third kappa shape index (κ3) is 2.76. The number of likely N-dealkylation sites (N-methyl/N-ethyl adjacent to an activating group) is 1. The second kappa shape index (κ2) is 3.91. The SMILES string of the molecule is CN(O)C(=O)Cc1ccc(N)cc1. The van der Waals surface area contributed by atoms with Crippen molar-refractivity contribution in [3.63, 3.8) is 0 Å². The molecule has 0 saturated heterocycles. The van der Waals surface area contributed by atoms with Gasteiger partial charge in [0.2, 0.25) is 5.91 Å². The molecule has 1 aromatic carbocycles. The maximum absolute atomic E-state index is 11.0. The first kappa shape index (κ1) is 9.54. The van der Waals surface area contributed by atoms with Gasteiger partial charge < -0.3 is 5.73 Å². The molecule has 4 nitrogen and oxygen atoms in total. The third-order valence-corrected chi connectivity index (χ3v) is 1.70. The number of nitrogen functional groups attached to an aromatic ring is 1. The largest absolute Gasteiger partial charge is 0.399 e. The molecule has 0 saturated carbocycles. The van der Waals surface area contributed by atoms with Crippen LogP contribution >= 0.6 is 0 Å². The van der Waals surface area contributed by atoms with Gasteiger partial charge >= 0.3 is 0 Å². The molecule has 13 heavy (non-hydrogen) atoms. The van der Waals surface area contributed by atoms with E-state index in [4.69, 9.17) is 10.9 Å². The van der Waals surface area contributed by atoms with E-state index in [-0.39, 0.29) is 12.3 Å². The molecule has 70 valence electrons. The lowest BCUT2D eigenvalue weighted by molar-refractivity contribution is -0.158. The quantitative estimate of drug-likeness (QED) is 0.399. The Balaban J connectivity index is 2.65. The minimum absolute atomic E-state index is 0.188. The third-order valence-electron chi connectivity index (χ3n) is 1.70. The first-order valence-corrected chi connectivity index (χ1v) is 3.89. The number of carbonyl (C=O) groups excluding carboxylic acids is 1. The molecule has 0 aliphatic rings. The molecule has 4 heteroatoms. The van der Waals surface area contributed by atoms with E-state index in [1.807, 2.05) is 0 Å². The van der Waals surface area contributed by atoms with E-state index in [0.29, 0.717) is 10.8 Å². The van der Waals surface area contributed by atoms with Gasteiger partial charge in [-0.2, -0.15) is 0 Å². The van der Waals surface area contributed by atoms with Gasteiger partial charge in [0.1, 0.15) is 0 Å². The molecule has 1 aromatic rings. The van der Waals surface area contributed by atoms with Crippen LogP contribution in [-0.4, -0.2) is 23.2 Å². The Bertz CT molecular complexity index is 293. The van der Waals surface area contributed by atoms with E-state index in [2.05, 4.69) is 0 Å². The van der Waals surface area contributed by atoms with Crippen molar-refractivity contribution < 1.29 is 10.0 Å². The molecule has 0 bridgehead atoms. The molecule has 0 unspecified atom stereocenters. The Hall–Kier alpha value is -1.55. The van der Waals surface area contributed by atoms with Crippen LogP contribution in [0, 0.1) is 0 Å². The summed E-state index contributed by atoms with van der Waals surface area (Å²) in [5.41, 5.74) is 6.97. The van der Waals surface area contributed by atoms with Gasteiger partial charge in [0, 0.05) is 12.7 Å². The summed E-state index contributed by atoms with van der Waals surface area (Å²) < 4.78 is 0. The van der Waals surface area contributed by atoms with Crippen molar-refractivity contribution in [3.05, 3.63) is 29.8 Å². The molecular weight excluding hydrogens is 168 g/mol. The number of anilines is 1. The number of rotatable bonds is 2. The lowest BCUT2D eigenvalue weighted by Gasteiger charge is -2.07. The van der Waals surface area contributed by atoms with E-state index in [1.165, 1.54) is 7.05 Å². The zero-order valence-electron chi connectivity index (χ0n) is 7.40. The van der Waals surface area contributed by atoms with Crippen LogP contribution in [0.3, 0.4) is 0 Å². The summed E-state index contributed by atoms with van der Waals surface area (Å²) in [4.78, 5) is 11.0. The summed E-state index contributed by atoms with van der Waals surface area (Å²) in [6, 6.07) is 6.97. The average molecular weight is 180 g/mol. The van der Waals surface area contributed by atoms with Gasteiger partial charge in [-0.05, 0) is 17.7 Å². The van der Waals surface area contributed by atoms with Crippen LogP contribution in [0.4, 0.5) is 5.69 Å². The molecule has 0 atom stereocenters. The minimum atomic E-state index is -0.343. The maximum atomic E-state index is 11.0. The van der Waals surface area contributed by atoms with E-state index in [1.54, 1.807) is 24.3 Å². The van der Waals surface area contributed by atoms with Gasteiger partial charge in [0.25, 0.3) is 0 Å². The van der Waals surface area contributed by atoms with Crippen molar-refractivity contribution >= 4 is 11.6 Å². The van der Waals surface area contributed by atoms with Gasteiger partial charge in [-0.3, -0.25) is 10.0 Å². The van der Waals surface area contributed by atoms with E-state index in [0.717, 1.165) is 5.56 Å². The van der Waals surface area contributed by atoms with Crippen molar-refractivity contribution in [1.82, 2.24) is 5.06 Å².